The molecule has 4 aromatic rings. The topological polar surface area (TPSA) is 155 Å². The van der Waals surface area contributed by atoms with Gasteiger partial charge in [-0.05, 0) is 18.2 Å². The summed E-state index contributed by atoms with van der Waals surface area (Å²) in [5.41, 5.74) is -2.43. The summed E-state index contributed by atoms with van der Waals surface area (Å²) in [4.78, 5) is 7.24. The number of hydrogen-bond donors (Lipinski definition) is 3. The van der Waals surface area contributed by atoms with Crippen molar-refractivity contribution in [2.24, 2.45) is 0 Å². The van der Waals surface area contributed by atoms with E-state index < -0.39 is 82.9 Å². The fourth-order valence-electron chi connectivity index (χ4n) is 4.56. The van der Waals surface area contributed by atoms with Gasteiger partial charge in [-0.15, -0.1) is 5.10 Å². The molecule has 220 valence electrons. The molecule has 1 aliphatic heterocycles. The van der Waals surface area contributed by atoms with Gasteiger partial charge in [-0.2, -0.15) is 28.5 Å². The minimum Gasteiger partial charge on any atom is -0.394 e. The number of aliphatic hydroxyl groups is 3. The van der Waals surface area contributed by atoms with Crippen LogP contribution in [-0.4, -0.2) is 69.8 Å². The van der Waals surface area contributed by atoms with Crippen LogP contribution in [0, 0.1) is 23.0 Å². The zero-order chi connectivity index (χ0) is 30.5. The number of ether oxygens (including phenoxy) is 1. The number of nitrogens with zero attached hydrogens (tertiary/aromatic N) is 7. The Labute approximate surface area is 241 Å². The van der Waals surface area contributed by atoms with Crippen LogP contribution < -0.4 is 0 Å². The number of nitriles is 1. The molecule has 1 aromatic carbocycles. The van der Waals surface area contributed by atoms with Crippen LogP contribution in [0.25, 0.3) is 16.8 Å². The first-order valence-corrected chi connectivity index (χ1v) is 12.5. The van der Waals surface area contributed by atoms with Crippen molar-refractivity contribution >= 4 is 23.2 Å². The van der Waals surface area contributed by atoms with E-state index in [9.17, 15) is 42.5 Å². The van der Waals surface area contributed by atoms with Crippen LogP contribution in [0.4, 0.5) is 22.0 Å². The second-order valence-corrected chi connectivity index (χ2v) is 9.86. The van der Waals surface area contributed by atoms with E-state index in [2.05, 4.69) is 20.2 Å². The van der Waals surface area contributed by atoms with E-state index in [1.807, 2.05) is 0 Å². The molecule has 0 bridgehead atoms. The number of aromatic nitrogens is 6. The van der Waals surface area contributed by atoms with Gasteiger partial charge in [-0.3, -0.25) is 4.68 Å². The Bertz CT molecular complexity index is 1690. The van der Waals surface area contributed by atoms with Crippen molar-refractivity contribution in [2.75, 3.05) is 6.61 Å². The van der Waals surface area contributed by atoms with Gasteiger partial charge < -0.3 is 20.1 Å². The van der Waals surface area contributed by atoms with Crippen LogP contribution >= 0.6 is 23.2 Å². The predicted octanol–water partition coefficient (Wildman–Crippen LogP) is 3.40. The van der Waals surface area contributed by atoms with Crippen molar-refractivity contribution in [3.8, 4) is 22.9 Å². The molecular weight excluding hydrogens is 616 g/mol. The van der Waals surface area contributed by atoms with Crippen LogP contribution in [0.15, 0.2) is 36.8 Å². The van der Waals surface area contributed by atoms with Crippen LogP contribution in [-0.2, 0) is 10.9 Å². The summed E-state index contributed by atoms with van der Waals surface area (Å²) < 4.78 is 77.3. The van der Waals surface area contributed by atoms with E-state index in [0.717, 1.165) is 35.4 Å². The Morgan fingerprint density at radius 2 is 1.83 bits per heavy atom. The van der Waals surface area contributed by atoms with Gasteiger partial charge in [0.05, 0.1) is 28.5 Å². The van der Waals surface area contributed by atoms with Gasteiger partial charge in [0, 0.05) is 23.5 Å². The van der Waals surface area contributed by atoms with Gasteiger partial charge in [0.15, 0.2) is 23.2 Å². The lowest BCUT2D eigenvalue weighted by Gasteiger charge is -2.41. The average molecular weight is 632 g/mol. The normalized spacial score (nSPS) is 22.7. The fourth-order valence-corrected chi connectivity index (χ4v) is 4.86. The third-order valence-electron chi connectivity index (χ3n) is 6.46. The molecule has 0 amide bonds. The molecule has 0 unspecified atom stereocenters. The summed E-state index contributed by atoms with van der Waals surface area (Å²) in [7, 11) is 0. The minimum atomic E-state index is -5.00. The van der Waals surface area contributed by atoms with Crippen LogP contribution in [0.2, 0.25) is 10.0 Å². The Morgan fingerprint density at radius 1 is 1.10 bits per heavy atom. The highest BCUT2D eigenvalue weighted by Crippen LogP contribution is 2.40. The SMILES string of the molecule is N#Cc1nc([C@@H]2O[C@H](CO)[C@H](O)[C@H](n3cc(-c4ccc(Cl)c(F)c4F)cn3)[C@H]2O)n(-c2cc(Cl)cnc2C(F)(F)F)n1. The second-order valence-electron chi connectivity index (χ2n) is 9.02. The number of benzene rings is 1. The molecule has 3 aromatic heterocycles. The van der Waals surface area contributed by atoms with E-state index >= 15 is 0 Å². The zero-order valence-electron chi connectivity index (χ0n) is 20.6. The van der Waals surface area contributed by atoms with Crippen molar-refractivity contribution in [3.63, 3.8) is 0 Å². The number of halogens is 7. The predicted molar refractivity (Wildman–Crippen MR) is 132 cm³/mol. The highest BCUT2D eigenvalue weighted by atomic mass is 35.5. The molecule has 11 nitrogen and oxygen atoms in total. The van der Waals surface area contributed by atoms with Crippen LogP contribution in [0.3, 0.4) is 0 Å². The summed E-state index contributed by atoms with van der Waals surface area (Å²) in [5.74, 6) is -3.73. The lowest BCUT2D eigenvalue weighted by Crippen LogP contribution is -2.53. The van der Waals surface area contributed by atoms with Gasteiger partial charge >= 0.3 is 6.18 Å². The first kappa shape index (κ1) is 29.8. The summed E-state index contributed by atoms with van der Waals surface area (Å²) in [6.07, 6.45) is -8.71. The number of aliphatic hydroxyl groups excluding tert-OH is 3. The second kappa shape index (κ2) is 11.2. The smallest absolute Gasteiger partial charge is 0.394 e. The standard InChI is InChI=1S/C24H16Cl2F5N7O4/c25-10-3-13(22(33-6-10)24(29,30)31)38-23(35-15(4-32)36-38)21-20(41)18(19(40)14(8-39)42-21)37-7-9(5-34-37)11-1-2-12(26)17(28)16(11)27/h1-3,5-7,14,18-21,39-41H,8H2/t14-,18+,19+,20-,21-/m1/s1. The van der Waals surface area contributed by atoms with Gasteiger partial charge in [0.2, 0.25) is 0 Å². The molecule has 3 N–H and O–H groups in total. The van der Waals surface area contributed by atoms with E-state index in [1.165, 1.54) is 6.07 Å². The summed E-state index contributed by atoms with van der Waals surface area (Å²) in [6, 6.07) is 3.27. The van der Waals surface area contributed by atoms with Gasteiger partial charge in [-0.1, -0.05) is 23.2 Å². The molecule has 1 fully saturated rings. The van der Waals surface area contributed by atoms with E-state index in [4.69, 9.17) is 27.9 Å². The fraction of sp³-hybridized carbons (Fsp3) is 0.292. The summed E-state index contributed by atoms with van der Waals surface area (Å²) in [5, 5.41) is 48.7. The number of rotatable bonds is 5. The summed E-state index contributed by atoms with van der Waals surface area (Å²) in [6.45, 7) is -0.836. The molecule has 4 heterocycles. The van der Waals surface area contributed by atoms with Crippen LogP contribution in [0.5, 0.6) is 0 Å². The average Bonchev–Trinajstić information content (AvgIpc) is 3.59. The maximum atomic E-state index is 14.6. The molecular formula is C24H16Cl2F5N7O4. The molecule has 0 radical (unpaired) electrons. The Kier molecular flexibility index (Phi) is 7.91. The van der Waals surface area contributed by atoms with Crippen molar-refractivity contribution in [1.82, 2.24) is 29.5 Å². The Balaban J connectivity index is 1.61. The number of hydrogen-bond acceptors (Lipinski definition) is 9. The molecule has 0 aliphatic carbocycles. The maximum Gasteiger partial charge on any atom is 0.435 e. The van der Waals surface area contributed by atoms with E-state index in [-0.39, 0.29) is 16.1 Å². The summed E-state index contributed by atoms with van der Waals surface area (Å²) >= 11 is 11.5. The molecule has 1 saturated heterocycles. The maximum absolute atomic E-state index is 14.6. The molecule has 1 aliphatic rings. The van der Waals surface area contributed by atoms with Crippen molar-refractivity contribution in [3.05, 3.63) is 75.8 Å². The lowest BCUT2D eigenvalue weighted by molar-refractivity contribution is -0.210. The largest absolute Gasteiger partial charge is 0.435 e. The monoisotopic (exact) mass is 631 g/mol. The molecule has 18 heteroatoms. The van der Waals surface area contributed by atoms with Crippen LogP contribution in [0.1, 0.15) is 29.5 Å². The van der Waals surface area contributed by atoms with Crippen molar-refractivity contribution < 1.29 is 42.0 Å². The Morgan fingerprint density at radius 3 is 2.50 bits per heavy atom. The quantitative estimate of drug-likeness (QED) is 0.222. The first-order valence-electron chi connectivity index (χ1n) is 11.8. The van der Waals surface area contributed by atoms with E-state index in [1.54, 1.807) is 6.07 Å². The van der Waals surface area contributed by atoms with Gasteiger partial charge in [-0.25, -0.2) is 18.4 Å². The molecule has 5 rings (SSSR count). The third kappa shape index (κ3) is 5.19. The first-order chi connectivity index (χ1) is 19.8. The van der Waals surface area contributed by atoms with Crippen molar-refractivity contribution in [2.45, 2.75) is 36.6 Å². The minimum absolute atomic E-state index is 0.0146. The number of pyridine rings is 1. The van der Waals surface area contributed by atoms with Gasteiger partial charge in [0.25, 0.3) is 5.82 Å². The molecule has 42 heavy (non-hydrogen) atoms. The molecule has 0 spiro atoms. The third-order valence-corrected chi connectivity index (χ3v) is 6.96. The molecule has 0 saturated carbocycles. The highest BCUT2D eigenvalue weighted by Gasteiger charge is 2.49. The van der Waals surface area contributed by atoms with Gasteiger partial charge in [0.1, 0.15) is 36.5 Å². The van der Waals surface area contributed by atoms with Crippen molar-refractivity contribution in [1.29, 1.82) is 5.26 Å². The highest BCUT2D eigenvalue weighted by molar-refractivity contribution is 6.31. The Hall–Kier alpha value is -3.72. The zero-order valence-corrected chi connectivity index (χ0v) is 22.1. The van der Waals surface area contributed by atoms with E-state index in [0.29, 0.717) is 4.68 Å². The lowest BCUT2D eigenvalue weighted by atomic mass is 9.92. The number of alkyl halides is 3. The molecule has 5 atom stereocenters.